The van der Waals surface area contributed by atoms with Crippen molar-refractivity contribution < 1.29 is 27.8 Å². The first-order valence-corrected chi connectivity index (χ1v) is 13.4. The molecule has 0 spiro atoms. The number of alkyl halides is 3. The second-order valence-electron chi connectivity index (χ2n) is 11.6. The summed E-state index contributed by atoms with van der Waals surface area (Å²) in [4.78, 5) is 14.0. The number of carboxylic acids is 1. The minimum absolute atomic E-state index is 0.0701. The highest BCUT2D eigenvalue weighted by molar-refractivity contribution is 5.89. The van der Waals surface area contributed by atoms with Crippen molar-refractivity contribution >= 4 is 16.7 Å². The van der Waals surface area contributed by atoms with Gasteiger partial charge in [-0.05, 0) is 85.3 Å². The minimum atomic E-state index is -4.52. The van der Waals surface area contributed by atoms with Crippen molar-refractivity contribution in [3.8, 4) is 5.75 Å². The van der Waals surface area contributed by atoms with E-state index in [9.17, 15) is 23.1 Å². The summed E-state index contributed by atoms with van der Waals surface area (Å²) in [6, 6.07) is 8.92. The number of benzene rings is 2. The molecule has 36 heavy (non-hydrogen) atoms. The maximum absolute atomic E-state index is 14.3. The maximum Gasteiger partial charge on any atom is 0.420 e. The van der Waals surface area contributed by atoms with E-state index >= 15 is 0 Å². The van der Waals surface area contributed by atoms with Gasteiger partial charge in [0, 0.05) is 18.6 Å². The molecule has 5 atom stereocenters. The van der Waals surface area contributed by atoms with E-state index < -0.39 is 17.7 Å². The van der Waals surface area contributed by atoms with E-state index in [2.05, 4.69) is 18.7 Å². The first-order chi connectivity index (χ1) is 17.1. The highest BCUT2D eigenvalue weighted by Crippen LogP contribution is 2.44. The summed E-state index contributed by atoms with van der Waals surface area (Å²) in [6.07, 6.45) is 2.28. The Kier molecular flexibility index (Phi) is 6.96. The van der Waals surface area contributed by atoms with Gasteiger partial charge < -0.3 is 9.84 Å². The van der Waals surface area contributed by atoms with Crippen molar-refractivity contribution in [2.75, 3.05) is 0 Å². The predicted octanol–water partition coefficient (Wildman–Crippen LogP) is 7.28. The number of aliphatic carboxylic acids is 1. The van der Waals surface area contributed by atoms with Crippen LogP contribution in [0.25, 0.3) is 10.8 Å². The summed E-state index contributed by atoms with van der Waals surface area (Å²) in [7, 11) is 0. The fraction of sp³-hybridized carbons (Fsp3) is 0.621. The summed E-state index contributed by atoms with van der Waals surface area (Å²) in [5.74, 6) is -0.199. The highest BCUT2D eigenvalue weighted by atomic mass is 19.4. The molecular formula is C29H36F3NO3. The number of hydrogen-bond donors (Lipinski definition) is 1. The van der Waals surface area contributed by atoms with Crippen LogP contribution in [-0.2, 0) is 17.5 Å². The topological polar surface area (TPSA) is 49.8 Å². The van der Waals surface area contributed by atoms with Crippen molar-refractivity contribution in [3.63, 3.8) is 0 Å². The third kappa shape index (κ3) is 5.22. The number of ether oxygens (including phenoxy) is 1. The Morgan fingerprint density at radius 1 is 1.00 bits per heavy atom. The molecule has 3 aliphatic rings. The molecule has 2 bridgehead atoms. The van der Waals surface area contributed by atoms with Crippen LogP contribution in [0.2, 0.25) is 0 Å². The summed E-state index contributed by atoms with van der Waals surface area (Å²) >= 11 is 0. The molecule has 2 saturated heterocycles. The smallest absolute Gasteiger partial charge is 0.420 e. The van der Waals surface area contributed by atoms with Gasteiger partial charge in [-0.2, -0.15) is 13.2 Å². The van der Waals surface area contributed by atoms with Crippen molar-refractivity contribution in [2.24, 2.45) is 17.8 Å². The lowest BCUT2D eigenvalue weighted by atomic mass is 9.78. The van der Waals surface area contributed by atoms with Crippen LogP contribution in [0.4, 0.5) is 13.2 Å². The van der Waals surface area contributed by atoms with E-state index in [0.29, 0.717) is 36.6 Å². The third-order valence-corrected chi connectivity index (χ3v) is 8.60. The number of piperidine rings is 2. The van der Waals surface area contributed by atoms with Gasteiger partial charge in [-0.15, -0.1) is 0 Å². The standard InChI is InChI=1S/C29H36F3NO3/c1-17-10-18(2)12-24(11-17)36-26-9-7-20-13-19(6-8-25(20)27(26)29(30,31)32)16-33-22-4-3-5-23(33)15-21(14-22)28(34)35/h6-9,13,17-18,21-24H,3-5,10-12,14-16H2,1-2H3,(H,34,35)/t17-,18+,21?,22?,23?,24?. The summed E-state index contributed by atoms with van der Waals surface area (Å²) < 4.78 is 48.9. The second kappa shape index (κ2) is 9.88. The van der Waals surface area contributed by atoms with Crippen LogP contribution in [0.15, 0.2) is 30.3 Å². The van der Waals surface area contributed by atoms with E-state index in [1.807, 2.05) is 6.07 Å². The molecule has 2 aliphatic heterocycles. The lowest BCUT2D eigenvalue weighted by Crippen LogP contribution is -2.52. The lowest BCUT2D eigenvalue weighted by molar-refractivity contribution is -0.146. The van der Waals surface area contributed by atoms with Gasteiger partial charge in [0.15, 0.2) is 0 Å². The lowest BCUT2D eigenvalue weighted by Gasteiger charge is -2.48. The van der Waals surface area contributed by atoms with Gasteiger partial charge in [0.1, 0.15) is 11.3 Å². The van der Waals surface area contributed by atoms with Gasteiger partial charge >= 0.3 is 12.1 Å². The van der Waals surface area contributed by atoms with Crippen molar-refractivity contribution in [1.29, 1.82) is 0 Å². The fourth-order valence-electron chi connectivity index (χ4n) is 7.15. The Bertz CT molecular complexity index is 1090. The van der Waals surface area contributed by atoms with E-state index in [-0.39, 0.29) is 35.2 Å². The molecule has 4 nitrogen and oxygen atoms in total. The number of carboxylic acid groups (broad SMARTS) is 1. The molecule has 3 fully saturated rings. The molecule has 0 radical (unpaired) electrons. The van der Waals surface area contributed by atoms with Crippen molar-refractivity contribution in [2.45, 2.75) is 96.1 Å². The molecule has 196 valence electrons. The molecule has 1 N–H and O–H groups in total. The Morgan fingerprint density at radius 2 is 1.67 bits per heavy atom. The van der Waals surface area contributed by atoms with Crippen molar-refractivity contribution in [1.82, 2.24) is 4.90 Å². The van der Waals surface area contributed by atoms with Crippen LogP contribution in [0.5, 0.6) is 5.75 Å². The first kappa shape index (κ1) is 25.4. The summed E-state index contributed by atoms with van der Waals surface area (Å²) in [5, 5.41) is 10.2. The van der Waals surface area contributed by atoms with Crippen LogP contribution >= 0.6 is 0 Å². The zero-order valence-corrected chi connectivity index (χ0v) is 21.1. The normalized spacial score (nSPS) is 31.4. The largest absolute Gasteiger partial charge is 0.490 e. The number of halogens is 3. The first-order valence-electron chi connectivity index (χ1n) is 13.4. The third-order valence-electron chi connectivity index (χ3n) is 8.60. The Morgan fingerprint density at radius 3 is 2.28 bits per heavy atom. The van der Waals surface area contributed by atoms with E-state index in [4.69, 9.17) is 4.74 Å². The maximum atomic E-state index is 14.3. The second-order valence-corrected chi connectivity index (χ2v) is 11.6. The number of hydrogen-bond acceptors (Lipinski definition) is 3. The Balaban J connectivity index is 1.41. The molecule has 2 aromatic carbocycles. The molecule has 7 heteroatoms. The van der Waals surface area contributed by atoms with Gasteiger partial charge in [-0.3, -0.25) is 9.69 Å². The highest BCUT2D eigenvalue weighted by Gasteiger charge is 2.41. The molecule has 0 amide bonds. The molecule has 2 aromatic rings. The fourth-order valence-corrected chi connectivity index (χ4v) is 7.15. The van der Waals surface area contributed by atoms with Crippen LogP contribution in [-0.4, -0.2) is 34.2 Å². The number of nitrogens with zero attached hydrogens (tertiary/aromatic N) is 1. The quantitative estimate of drug-likeness (QED) is 0.466. The summed E-state index contributed by atoms with van der Waals surface area (Å²) in [6.45, 7) is 4.91. The Hall–Kier alpha value is -2.28. The average molecular weight is 504 g/mol. The van der Waals surface area contributed by atoms with Crippen LogP contribution in [0.3, 0.4) is 0 Å². The van der Waals surface area contributed by atoms with Gasteiger partial charge in [0.05, 0.1) is 12.0 Å². The van der Waals surface area contributed by atoms with E-state index in [1.54, 1.807) is 18.2 Å². The zero-order valence-electron chi connectivity index (χ0n) is 21.1. The molecule has 5 rings (SSSR count). The minimum Gasteiger partial charge on any atom is -0.490 e. The van der Waals surface area contributed by atoms with Gasteiger partial charge in [-0.1, -0.05) is 38.5 Å². The zero-order chi connectivity index (χ0) is 25.6. The number of fused-ring (bicyclic) bond motifs is 3. The molecule has 1 saturated carbocycles. The molecule has 3 unspecified atom stereocenters. The number of rotatable bonds is 5. The van der Waals surface area contributed by atoms with Gasteiger partial charge in [0.2, 0.25) is 0 Å². The van der Waals surface area contributed by atoms with E-state index in [0.717, 1.165) is 44.1 Å². The summed E-state index contributed by atoms with van der Waals surface area (Å²) in [5.41, 5.74) is 0.279. The monoisotopic (exact) mass is 503 g/mol. The van der Waals surface area contributed by atoms with Crippen LogP contribution in [0.1, 0.15) is 76.3 Å². The van der Waals surface area contributed by atoms with E-state index in [1.165, 1.54) is 6.07 Å². The average Bonchev–Trinajstić information content (AvgIpc) is 2.77. The van der Waals surface area contributed by atoms with Crippen LogP contribution in [0, 0.1) is 17.8 Å². The van der Waals surface area contributed by atoms with Gasteiger partial charge in [-0.25, -0.2) is 0 Å². The number of carbonyl (C=O) groups is 1. The molecule has 2 heterocycles. The Labute approximate surface area is 210 Å². The molecule has 0 aromatic heterocycles. The SMILES string of the molecule is C[C@@H]1CC(Oc2ccc3cc(CN4C5CCCC4CC(C(=O)O)C5)ccc3c2C(F)(F)F)C[C@H](C)C1. The van der Waals surface area contributed by atoms with Gasteiger partial charge in [0.25, 0.3) is 0 Å². The van der Waals surface area contributed by atoms with Crippen molar-refractivity contribution in [3.05, 3.63) is 41.5 Å². The molecular weight excluding hydrogens is 467 g/mol. The van der Waals surface area contributed by atoms with Crippen LogP contribution < -0.4 is 4.74 Å². The molecule has 1 aliphatic carbocycles. The predicted molar refractivity (Wildman–Crippen MR) is 133 cm³/mol.